The first kappa shape index (κ1) is 14.8. The molecular formula is C16H24N2O2. The number of hydrogen-bond donors (Lipinski definition) is 1. The molecule has 1 atom stereocenters. The van der Waals surface area contributed by atoms with Gasteiger partial charge < -0.3 is 10.0 Å². The molecule has 0 amide bonds. The fraction of sp³-hybridized carbons (Fsp3) is 0.625. The van der Waals surface area contributed by atoms with Gasteiger partial charge in [-0.15, -0.1) is 0 Å². The second kappa shape index (κ2) is 5.81. The maximum atomic E-state index is 11.0. The highest BCUT2D eigenvalue weighted by Crippen LogP contribution is 2.34. The number of pyridine rings is 1. The summed E-state index contributed by atoms with van der Waals surface area (Å²) in [7, 11) is 0. The second-order valence-corrected chi connectivity index (χ2v) is 6.69. The summed E-state index contributed by atoms with van der Waals surface area (Å²) >= 11 is 0. The third-order valence-electron chi connectivity index (χ3n) is 4.27. The Balaban J connectivity index is 2.11. The van der Waals surface area contributed by atoms with Crippen LogP contribution in [-0.4, -0.2) is 29.1 Å². The maximum absolute atomic E-state index is 11.0. The van der Waals surface area contributed by atoms with Crippen LogP contribution in [0.25, 0.3) is 0 Å². The van der Waals surface area contributed by atoms with Crippen LogP contribution in [0, 0.1) is 11.3 Å². The van der Waals surface area contributed by atoms with Gasteiger partial charge in [-0.25, -0.2) is 9.78 Å². The van der Waals surface area contributed by atoms with E-state index in [-0.39, 0.29) is 0 Å². The number of aromatic nitrogens is 1. The van der Waals surface area contributed by atoms with Gasteiger partial charge in [0.25, 0.3) is 0 Å². The number of hydrogen-bond acceptors (Lipinski definition) is 3. The summed E-state index contributed by atoms with van der Waals surface area (Å²) in [4.78, 5) is 17.6. The van der Waals surface area contributed by atoms with E-state index in [1.54, 1.807) is 18.3 Å². The molecule has 2 heterocycles. The molecule has 1 aromatic rings. The summed E-state index contributed by atoms with van der Waals surface area (Å²) in [5.74, 6) is 0.616. The van der Waals surface area contributed by atoms with Crippen LogP contribution < -0.4 is 4.90 Å². The first-order valence-corrected chi connectivity index (χ1v) is 7.32. The van der Waals surface area contributed by atoms with Crippen molar-refractivity contribution in [3.05, 3.63) is 23.9 Å². The minimum atomic E-state index is -0.893. The van der Waals surface area contributed by atoms with Gasteiger partial charge in [0, 0.05) is 19.3 Å². The Morgan fingerprint density at radius 1 is 1.35 bits per heavy atom. The van der Waals surface area contributed by atoms with Crippen molar-refractivity contribution in [3.8, 4) is 0 Å². The van der Waals surface area contributed by atoms with Gasteiger partial charge in [-0.1, -0.05) is 20.8 Å². The Bertz CT molecular complexity index is 480. The van der Waals surface area contributed by atoms with Gasteiger partial charge >= 0.3 is 5.97 Å². The van der Waals surface area contributed by atoms with Crippen molar-refractivity contribution >= 4 is 11.8 Å². The molecule has 0 bridgehead atoms. The molecule has 0 aromatic carbocycles. The lowest BCUT2D eigenvalue weighted by Crippen LogP contribution is -2.27. The highest BCUT2D eigenvalue weighted by atomic mass is 16.4. The number of carboxylic acids is 1. The number of aromatic carboxylic acids is 1. The molecular weight excluding hydrogens is 252 g/mol. The molecule has 4 heteroatoms. The standard InChI is InChI=1S/C16H24N2O2/c1-16(2,3)13-5-4-9-18(10-7-13)14-11-12(15(19)20)6-8-17-14/h6,8,11,13H,4-5,7,9-10H2,1-3H3,(H,19,20). The minimum absolute atomic E-state index is 0.312. The van der Waals surface area contributed by atoms with Crippen LogP contribution in [0.3, 0.4) is 0 Å². The van der Waals surface area contributed by atoms with Crippen LogP contribution in [0.15, 0.2) is 18.3 Å². The number of rotatable bonds is 2. The number of nitrogens with zero attached hydrogens (tertiary/aromatic N) is 2. The van der Waals surface area contributed by atoms with Crippen molar-refractivity contribution in [1.29, 1.82) is 0 Å². The summed E-state index contributed by atoms with van der Waals surface area (Å²) in [5.41, 5.74) is 0.651. The molecule has 0 saturated carbocycles. The highest BCUT2D eigenvalue weighted by molar-refractivity contribution is 5.88. The highest BCUT2D eigenvalue weighted by Gasteiger charge is 2.27. The van der Waals surface area contributed by atoms with Gasteiger partial charge in [0.2, 0.25) is 0 Å². The van der Waals surface area contributed by atoms with Crippen LogP contribution >= 0.6 is 0 Å². The average molecular weight is 276 g/mol. The van der Waals surface area contributed by atoms with E-state index in [1.807, 2.05) is 0 Å². The quantitative estimate of drug-likeness (QED) is 0.899. The largest absolute Gasteiger partial charge is 0.478 e. The SMILES string of the molecule is CC(C)(C)C1CCCN(c2cc(C(=O)O)ccn2)CC1. The molecule has 1 aliphatic heterocycles. The van der Waals surface area contributed by atoms with E-state index in [2.05, 4.69) is 30.7 Å². The van der Waals surface area contributed by atoms with Crippen LogP contribution in [0.1, 0.15) is 50.4 Å². The van der Waals surface area contributed by atoms with Crippen LogP contribution in [0.2, 0.25) is 0 Å². The van der Waals surface area contributed by atoms with Crippen molar-refractivity contribution in [3.63, 3.8) is 0 Å². The van der Waals surface area contributed by atoms with Crippen molar-refractivity contribution in [2.24, 2.45) is 11.3 Å². The molecule has 1 aliphatic rings. The summed E-state index contributed by atoms with van der Waals surface area (Å²) in [5, 5.41) is 9.07. The summed E-state index contributed by atoms with van der Waals surface area (Å²) in [6.45, 7) is 8.82. The second-order valence-electron chi connectivity index (χ2n) is 6.69. The lowest BCUT2D eigenvalue weighted by Gasteiger charge is -2.29. The first-order valence-electron chi connectivity index (χ1n) is 7.32. The molecule has 0 spiro atoms. The zero-order valence-electron chi connectivity index (χ0n) is 12.6. The normalized spacial score (nSPS) is 20.6. The van der Waals surface area contributed by atoms with Crippen LogP contribution in [-0.2, 0) is 0 Å². The van der Waals surface area contributed by atoms with Crippen molar-refractivity contribution in [1.82, 2.24) is 4.98 Å². The van der Waals surface area contributed by atoms with E-state index in [1.165, 1.54) is 6.42 Å². The van der Waals surface area contributed by atoms with Gasteiger partial charge in [0.15, 0.2) is 0 Å². The topological polar surface area (TPSA) is 53.4 Å². The molecule has 1 unspecified atom stereocenters. The first-order chi connectivity index (χ1) is 9.38. The van der Waals surface area contributed by atoms with E-state index in [0.29, 0.717) is 11.0 Å². The fourth-order valence-electron chi connectivity index (χ4n) is 2.92. The molecule has 1 aromatic heterocycles. The Morgan fingerprint density at radius 2 is 2.10 bits per heavy atom. The van der Waals surface area contributed by atoms with Crippen LogP contribution in [0.5, 0.6) is 0 Å². The molecule has 2 rings (SSSR count). The predicted molar refractivity (Wildman–Crippen MR) is 80.2 cm³/mol. The third kappa shape index (κ3) is 3.50. The lowest BCUT2D eigenvalue weighted by molar-refractivity contribution is 0.0697. The lowest BCUT2D eigenvalue weighted by atomic mass is 9.77. The maximum Gasteiger partial charge on any atom is 0.335 e. The molecule has 4 nitrogen and oxygen atoms in total. The molecule has 0 radical (unpaired) electrons. The van der Waals surface area contributed by atoms with E-state index < -0.39 is 5.97 Å². The minimum Gasteiger partial charge on any atom is -0.478 e. The van der Waals surface area contributed by atoms with Crippen molar-refractivity contribution in [2.75, 3.05) is 18.0 Å². The van der Waals surface area contributed by atoms with Crippen LogP contribution in [0.4, 0.5) is 5.82 Å². The monoisotopic (exact) mass is 276 g/mol. The average Bonchev–Trinajstić information content (AvgIpc) is 2.64. The molecule has 1 saturated heterocycles. The van der Waals surface area contributed by atoms with Gasteiger partial charge in [-0.2, -0.15) is 0 Å². The van der Waals surface area contributed by atoms with Gasteiger partial charge in [0.05, 0.1) is 5.56 Å². The van der Waals surface area contributed by atoms with Crippen molar-refractivity contribution < 1.29 is 9.90 Å². The molecule has 1 N–H and O–H groups in total. The predicted octanol–water partition coefficient (Wildman–Crippen LogP) is 3.43. The van der Waals surface area contributed by atoms with E-state index in [9.17, 15) is 4.79 Å². The van der Waals surface area contributed by atoms with Gasteiger partial charge in [0.1, 0.15) is 5.82 Å². The Hall–Kier alpha value is -1.58. The molecule has 110 valence electrons. The molecule has 20 heavy (non-hydrogen) atoms. The third-order valence-corrected chi connectivity index (χ3v) is 4.27. The molecule has 1 fully saturated rings. The Kier molecular flexibility index (Phi) is 4.31. The summed E-state index contributed by atoms with van der Waals surface area (Å²) in [6, 6.07) is 3.22. The molecule has 0 aliphatic carbocycles. The number of anilines is 1. The van der Waals surface area contributed by atoms with Crippen molar-refractivity contribution in [2.45, 2.75) is 40.0 Å². The van der Waals surface area contributed by atoms with Gasteiger partial charge in [-0.3, -0.25) is 0 Å². The van der Waals surface area contributed by atoms with Gasteiger partial charge in [-0.05, 0) is 42.7 Å². The van der Waals surface area contributed by atoms with E-state index in [0.717, 1.165) is 37.7 Å². The Morgan fingerprint density at radius 3 is 2.75 bits per heavy atom. The number of carboxylic acid groups (broad SMARTS) is 1. The zero-order chi connectivity index (χ0) is 14.8. The van der Waals surface area contributed by atoms with E-state index in [4.69, 9.17) is 5.11 Å². The zero-order valence-corrected chi connectivity index (χ0v) is 12.6. The summed E-state index contributed by atoms with van der Waals surface area (Å²) < 4.78 is 0. The number of carbonyl (C=O) groups is 1. The summed E-state index contributed by atoms with van der Waals surface area (Å²) in [6.07, 6.45) is 5.10. The smallest absolute Gasteiger partial charge is 0.335 e. The van der Waals surface area contributed by atoms with E-state index >= 15 is 0 Å². The fourth-order valence-corrected chi connectivity index (χ4v) is 2.92. The Labute approximate surface area is 120 Å².